The van der Waals surface area contributed by atoms with Crippen molar-refractivity contribution in [2.45, 2.75) is 32.7 Å². The van der Waals surface area contributed by atoms with E-state index in [0.717, 1.165) is 18.4 Å². The number of carbonyl (C=O) groups is 1. The Morgan fingerprint density at radius 1 is 1.12 bits per heavy atom. The van der Waals surface area contributed by atoms with Crippen molar-refractivity contribution < 1.29 is 14.3 Å². The SMILES string of the molecule is CCCCOc1cc(NC(=O)NC(C)c2ccccc2)ccc1OC. The summed E-state index contributed by atoms with van der Waals surface area (Å²) in [6, 6.07) is 14.8. The third kappa shape index (κ3) is 5.71. The minimum atomic E-state index is -0.263. The number of carbonyl (C=O) groups excluding carboxylic acids is 1. The second-order valence-electron chi connectivity index (χ2n) is 5.80. The number of rotatable bonds is 8. The van der Waals surface area contributed by atoms with E-state index in [1.165, 1.54) is 0 Å². The molecule has 0 fully saturated rings. The number of unbranched alkanes of at least 4 members (excludes halogenated alkanes) is 1. The molecular weight excluding hydrogens is 316 g/mol. The zero-order valence-corrected chi connectivity index (χ0v) is 15.0. The van der Waals surface area contributed by atoms with Crippen LogP contribution in [0, 0.1) is 0 Å². The minimum absolute atomic E-state index is 0.0836. The first-order chi connectivity index (χ1) is 12.1. The van der Waals surface area contributed by atoms with Gasteiger partial charge in [-0.25, -0.2) is 4.79 Å². The quantitative estimate of drug-likeness (QED) is 0.680. The van der Waals surface area contributed by atoms with E-state index < -0.39 is 0 Å². The molecule has 2 aromatic carbocycles. The highest BCUT2D eigenvalue weighted by molar-refractivity contribution is 5.89. The molecule has 0 radical (unpaired) electrons. The van der Waals surface area contributed by atoms with E-state index >= 15 is 0 Å². The van der Waals surface area contributed by atoms with Gasteiger partial charge in [-0.1, -0.05) is 43.7 Å². The van der Waals surface area contributed by atoms with Crippen LogP contribution in [-0.2, 0) is 0 Å². The molecular formula is C20H26N2O3. The Balaban J connectivity index is 1.98. The molecule has 2 amide bonds. The first kappa shape index (κ1) is 18.6. The highest BCUT2D eigenvalue weighted by Gasteiger charge is 2.11. The molecule has 1 unspecified atom stereocenters. The monoisotopic (exact) mass is 342 g/mol. The third-order valence-electron chi connectivity index (χ3n) is 3.82. The Morgan fingerprint density at radius 3 is 2.56 bits per heavy atom. The first-order valence-electron chi connectivity index (χ1n) is 8.57. The van der Waals surface area contributed by atoms with Gasteiger partial charge in [-0.05, 0) is 31.0 Å². The zero-order valence-electron chi connectivity index (χ0n) is 15.0. The molecule has 5 nitrogen and oxygen atoms in total. The molecule has 2 rings (SSSR count). The molecule has 0 heterocycles. The number of benzene rings is 2. The van der Waals surface area contributed by atoms with Crippen LogP contribution in [0.1, 0.15) is 38.3 Å². The molecule has 0 aliphatic rings. The number of methoxy groups -OCH3 is 1. The average molecular weight is 342 g/mol. The molecule has 0 aliphatic carbocycles. The van der Waals surface area contributed by atoms with E-state index in [4.69, 9.17) is 9.47 Å². The van der Waals surface area contributed by atoms with Gasteiger partial charge in [0.1, 0.15) is 0 Å². The van der Waals surface area contributed by atoms with Crippen molar-refractivity contribution in [1.29, 1.82) is 0 Å². The van der Waals surface area contributed by atoms with Crippen molar-refractivity contribution in [2.24, 2.45) is 0 Å². The lowest BCUT2D eigenvalue weighted by atomic mass is 10.1. The normalized spacial score (nSPS) is 11.5. The molecule has 2 aromatic rings. The third-order valence-corrected chi connectivity index (χ3v) is 3.82. The lowest BCUT2D eigenvalue weighted by Crippen LogP contribution is -2.31. The summed E-state index contributed by atoms with van der Waals surface area (Å²) in [6.45, 7) is 4.67. The fraction of sp³-hybridized carbons (Fsp3) is 0.350. The van der Waals surface area contributed by atoms with Gasteiger partial charge in [0, 0.05) is 11.8 Å². The lowest BCUT2D eigenvalue weighted by molar-refractivity contribution is 0.249. The van der Waals surface area contributed by atoms with Gasteiger partial charge >= 0.3 is 6.03 Å². The second-order valence-corrected chi connectivity index (χ2v) is 5.80. The van der Waals surface area contributed by atoms with Crippen molar-refractivity contribution in [2.75, 3.05) is 19.0 Å². The van der Waals surface area contributed by atoms with E-state index in [0.29, 0.717) is 23.8 Å². The summed E-state index contributed by atoms with van der Waals surface area (Å²) in [7, 11) is 1.60. The van der Waals surface area contributed by atoms with Gasteiger partial charge in [0.25, 0.3) is 0 Å². The molecule has 0 aliphatic heterocycles. The molecule has 134 valence electrons. The number of ether oxygens (including phenoxy) is 2. The summed E-state index contributed by atoms with van der Waals surface area (Å²) in [5.41, 5.74) is 1.71. The van der Waals surface area contributed by atoms with Crippen LogP contribution in [0.4, 0.5) is 10.5 Å². The number of hydrogen-bond donors (Lipinski definition) is 2. The molecule has 0 spiro atoms. The first-order valence-corrected chi connectivity index (χ1v) is 8.57. The molecule has 0 aromatic heterocycles. The number of nitrogens with one attached hydrogen (secondary N) is 2. The van der Waals surface area contributed by atoms with Crippen LogP contribution in [0.2, 0.25) is 0 Å². The molecule has 0 saturated heterocycles. The lowest BCUT2D eigenvalue weighted by Gasteiger charge is -2.16. The van der Waals surface area contributed by atoms with Gasteiger partial charge in [-0.2, -0.15) is 0 Å². The van der Waals surface area contributed by atoms with E-state index in [2.05, 4.69) is 17.6 Å². The Hall–Kier alpha value is -2.69. The van der Waals surface area contributed by atoms with Crippen molar-refractivity contribution in [3.63, 3.8) is 0 Å². The van der Waals surface area contributed by atoms with Crippen molar-refractivity contribution >= 4 is 11.7 Å². The minimum Gasteiger partial charge on any atom is -0.493 e. The predicted molar refractivity (Wildman–Crippen MR) is 100 cm³/mol. The highest BCUT2D eigenvalue weighted by atomic mass is 16.5. The maximum Gasteiger partial charge on any atom is 0.319 e. The average Bonchev–Trinajstić information content (AvgIpc) is 2.63. The molecule has 25 heavy (non-hydrogen) atoms. The number of urea groups is 1. The Labute approximate surface area is 149 Å². The Kier molecular flexibility index (Phi) is 7.14. The van der Waals surface area contributed by atoms with Crippen LogP contribution in [0.25, 0.3) is 0 Å². The predicted octanol–water partition coefficient (Wildman–Crippen LogP) is 4.76. The Bertz CT molecular complexity index is 674. The second kappa shape index (κ2) is 9.57. The van der Waals surface area contributed by atoms with E-state index in [1.54, 1.807) is 25.3 Å². The van der Waals surface area contributed by atoms with Crippen LogP contribution < -0.4 is 20.1 Å². The largest absolute Gasteiger partial charge is 0.493 e. The summed E-state index contributed by atoms with van der Waals surface area (Å²) in [4.78, 5) is 12.2. The van der Waals surface area contributed by atoms with Gasteiger partial charge < -0.3 is 20.1 Å². The molecule has 1 atom stereocenters. The van der Waals surface area contributed by atoms with Gasteiger partial charge in [0.05, 0.1) is 19.8 Å². The van der Waals surface area contributed by atoms with Gasteiger partial charge in [0.2, 0.25) is 0 Å². The summed E-state index contributed by atoms with van der Waals surface area (Å²) in [5.74, 6) is 1.28. The van der Waals surface area contributed by atoms with Gasteiger partial charge in [-0.15, -0.1) is 0 Å². The molecule has 0 bridgehead atoms. The van der Waals surface area contributed by atoms with Crippen LogP contribution in [0.15, 0.2) is 48.5 Å². The summed E-state index contributed by atoms with van der Waals surface area (Å²) >= 11 is 0. The van der Waals surface area contributed by atoms with Gasteiger partial charge in [0.15, 0.2) is 11.5 Å². The number of anilines is 1. The highest BCUT2D eigenvalue weighted by Crippen LogP contribution is 2.30. The molecule has 2 N–H and O–H groups in total. The van der Waals surface area contributed by atoms with E-state index in [1.807, 2.05) is 37.3 Å². The standard InChI is InChI=1S/C20H26N2O3/c1-4-5-13-25-19-14-17(11-12-18(19)24-3)22-20(23)21-15(2)16-9-7-6-8-10-16/h6-12,14-15H,4-5,13H2,1-3H3,(H2,21,22,23). The van der Waals surface area contributed by atoms with E-state index in [9.17, 15) is 4.79 Å². The fourth-order valence-corrected chi connectivity index (χ4v) is 2.38. The topological polar surface area (TPSA) is 59.6 Å². The van der Waals surface area contributed by atoms with Crippen LogP contribution in [0.3, 0.4) is 0 Å². The fourth-order valence-electron chi connectivity index (χ4n) is 2.38. The van der Waals surface area contributed by atoms with Crippen LogP contribution in [-0.4, -0.2) is 19.7 Å². The maximum atomic E-state index is 12.2. The van der Waals surface area contributed by atoms with Crippen molar-refractivity contribution in [3.05, 3.63) is 54.1 Å². The maximum absolute atomic E-state index is 12.2. The van der Waals surface area contributed by atoms with Crippen molar-refractivity contribution in [3.8, 4) is 11.5 Å². The summed E-state index contributed by atoms with van der Waals surface area (Å²) in [5, 5.41) is 5.76. The smallest absolute Gasteiger partial charge is 0.319 e. The molecule has 0 saturated carbocycles. The number of hydrogen-bond acceptors (Lipinski definition) is 3. The Morgan fingerprint density at radius 2 is 1.88 bits per heavy atom. The molecule has 5 heteroatoms. The summed E-state index contributed by atoms with van der Waals surface area (Å²) in [6.07, 6.45) is 2.02. The summed E-state index contributed by atoms with van der Waals surface area (Å²) < 4.78 is 11.0. The number of amides is 2. The van der Waals surface area contributed by atoms with Crippen LogP contribution >= 0.6 is 0 Å². The zero-order chi connectivity index (χ0) is 18.1. The van der Waals surface area contributed by atoms with Gasteiger partial charge in [-0.3, -0.25) is 0 Å². The van der Waals surface area contributed by atoms with Crippen LogP contribution in [0.5, 0.6) is 11.5 Å². The van der Waals surface area contributed by atoms with E-state index in [-0.39, 0.29) is 12.1 Å². The van der Waals surface area contributed by atoms with Crippen molar-refractivity contribution in [1.82, 2.24) is 5.32 Å².